The molecule has 21 heavy (non-hydrogen) atoms. The van der Waals surface area contributed by atoms with Gasteiger partial charge in [-0.1, -0.05) is 13.8 Å². The molecule has 1 amide bonds. The Labute approximate surface area is 126 Å². The maximum atomic E-state index is 11.7. The largest absolute Gasteiger partial charge is 0.494 e. The number of carbonyl (C=O) groups is 1. The zero-order chi connectivity index (χ0) is 15.7. The van der Waals surface area contributed by atoms with Crippen LogP contribution in [0.4, 0.5) is 0 Å². The van der Waals surface area contributed by atoms with E-state index >= 15 is 0 Å². The Kier molecular flexibility index (Phi) is 7.02. The maximum Gasteiger partial charge on any atom is 0.258 e. The van der Waals surface area contributed by atoms with E-state index in [0.717, 1.165) is 18.6 Å². The molecule has 118 valence electrons. The summed E-state index contributed by atoms with van der Waals surface area (Å²) in [5.74, 6) is 1.26. The topological polar surface area (TPSA) is 73.6 Å². The molecule has 0 aliphatic rings. The van der Waals surface area contributed by atoms with E-state index in [4.69, 9.17) is 15.2 Å². The number of rotatable bonds is 9. The minimum atomic E-state index is -0.338. The third-order valence-electron chi connectivity index (χ3n) is 3.55. The zero-order valence-corrected chi connectivity index (χ0v) is 13.1. The van der Waals surface area contributed by atoms with Gasteiger partial charge in [-0.2, -0.15) is 0 Å². The fourth-order valence-electron chi connectivity index (χ4n) is 1.77. The minimum Gasteiger partial charge on any atom is -0.494 e. The van der Waals surface area contributed by atoms with Crippen LogP contribution >= 0.6 is 0 Å². The van der Waals surface area contributed by atoms with E-state index in [0.29, 0.717) is 18.9 Å². The molecule has 0 heterocycles. The van der Waals surface area contributed by atoms with Gasteiger partial charge in [-0.05, 0) is 44.0 Å². The summed E-state index contributed by atoms with van der Waals surface area (Å²) in [6.07, 6.45) is 1.65. The van der Waals surface area contributed by atoms with Crippen LogP contribution in [-0.4, -0.2) is 31.2 Å². The van der Waals surface area contributed by atoms with Gasteiger partial charge in [-0.15, -0.1) is 0 Å². The van der Waals surface area contributed by atoms with Gasteiger partial charge in [0.05, 0.1) is 6.61 Å². The summed E-state index contributed by atoms with van der Waals surface area (Å²) in [6.45, 7) is 7.04. The first-order chi connectivity index (χ1) is 10.0. The molecule has 0 bridgehead atoms. The third-order valence-corrected chi connectivity index (χ3v) is 3.55. The van der Waals surface area contributed by atoms with Crippen LogP contribution in [0.1, 0.15) is 33.6 Å². The number of nitrogens with two attached hydrogens (primary N) is 1. The molecule has 0 fully saturated rings. The Morgan fingerprint density at radius 3 is 2.10 bits per heavy atom. The molecular formula is C16H26N2O3. The first-order valence-electron chi connectivity index (χ1n) is 7.44. The van der Waals surface area contributed by atoms with Crippen molar-refractivity contribution < 1.29 is 14.3 Å². The van der Waals surface area contributed by atoms with Crippen molar-refractivity contribution in [3.8, 4) is 11.5 Å². The molecule has 1 rings (SSSR count). The van der Waals surface area contributed by atoms with E-state index in [1.54, 1.807) is 12.1 Å². The number of hydrogen-bond acceptors (Lipinski definition) is 4. The summed E-state index contributed by atoms with van der Waals surface area (Å²) < 4.78 is 10.8. The van der Waals surface area contributed by atoms with Gasteiger partial charge < -0.3 is 20.5 Å². The van der Waals surface area contributed by atoms with Crippen molar-refractivity contribution in [1.82, 2.24) is 5.32 Å². The summed E-state index contributed by atoms with van der Waals surface area (Å²) in [5, 5.41) is 2.81. The maximum absolute atomic E-state index is 11.7. The quantitative estimate of drug-likeness (QED) is 0.731. The molecule has 0 radical (unpaired) electrons. The van der Waals surface area contributed by atoms with Crippen LogP contribution in [0.3, 0.4) is 0 Å². The Bertz CT molecular complexity index is 428. The van der Waals surface area contributed by atoms with E-state index in [-0.39, 0.29) is 18.1 Å². The predicted molar refractivity (Wildman–Crippen MR) is 83.6 cm³/mol. The summed E-state index contributed by atoms with van der Waals surface area (Å²) >= 11 is 0. The lowest BCUT2D eigenvalue weighted by molar-refractivity contribution is -0.123. The highest BCUT2D eigenvalue weighted by molar-refractivity contribution is 5.77. The van der Waals surface area contributed by atoms with Crippen molar-refractivity contribution in [1.29, 1.82) is 0 Å². The molecule has 1 aromatic rings. The van der Waals surface area contributed by atoms with E-state index in [1.807, 2.05) is 32.9 Å². The minimum absolute atomic E-state index is 0.0164. The molecule has 0 aromatic heterocycles. The molecule has 3 N–H and O–H groups in total. The Balaban J connectivity index is 2.35. The highest BCUT2D eigenvalue weighted by Crippen LogP contribution is 2.17. The first-order valence-corrected chi connectivity index (χ1v) is 7.44. The number of nitrogens with one attached hydrogen (secondary N) is 1. The second-order valence-corrected chi connectivity index (χ2v) is 5.04. The number of benzene rings is 1. The smallest absolute Gasteiger partial charge is 0.258 e. The lowest BCUT2D eigenvalue weighted by Gasteiger charge is -2.26. The van der Waals surface area contributed by atoms with Crippen molar-refractivity contribution in [2.75, 3.05) is 19.8 Å². The third kappa shape index (κ3) is 6.04. The Hall–Kier alpha value is -1.75. The van der Waals surface area contributed by atoms with Gasteiger partial charge in [0.15, 0.2) is 6.61 Å². The van der Waals surface area contributed by atoms with Gasteiger partial charge in [0.1, 0.15) is 11.5 Å². The van der Waals surface area contributed by atoms with Crippen LogP contribution in [0.5, 0.6) is 11.5 Å². The van der Waals surface area contributed by atoms with Crippen LogP contribution in [0.25, 0.3) is 0 Å². The van der Waals surface area contributed by atoms with Crippen molar-refractivity contribution >= 4 is 5.91 Å². The molecule has 5 heteroatoms. The average Bonchev–Trinajstić information content (AvgIpc) is 2.52. The van der Waals surface area contributed by atoms with Gasteiger partial charge >= 0.3 is 0 Å². The Morgan fingerprint density at radius 2 is 1.62 bits per heavy atom. The van der Waals surface area contributed by atoms with Crippen LogP contribution in [0.15, 0.2) is 24.3 Å². The fraction of sp³-hybridized carbons (Fsp3) is 0.562. The molecule has 5 nitrogen and oxygen atoms in total. The number of carbonyl (C=O) groups excluding carboxylic acids is 1. The highest BCUT2D eigenvalue weighted by Gasteiger charge is 2.20. The monoisotopic (exact) mass is 294 g/mol. The SMILES string of the molecule is CCOc1ccc(OCC(=O)NCC(N)(CC)CC)cc1. The van der Waals surface area contributed by atoms with Gasteiger partial charge in [0.25, 0.3) is 5.91 Å². The van der Waals surface area contributed by atoms with Gasteiger partial charge in [0, 0.05) is 12.1 Å². The zero-order valence-electron chi connectivity index (χ0n) is 13.1. The van der Waals surface area contributed by atoms with Gasteiger partial charge in [-0.3, -0.25) is 4.79 Å². The predicted octanol–water partition coefficient (Wildman–Crippen LogP) is 2.10. The average molecular weight is 294 g/mol. The molecule has 0 unspecified atom stereocenters. The van der Waals surface area contributed by atoms with Crippen LogP contribution in [0.2, 0.25) is 0 Å². The molecule has 1 aromatic carbocycles. The van der Waals surface area contributed by atoms with Gasteiger partial charge in [-0.25, -0.2) is 0 Å². The number of hydrogen-bond donors (Lipinski definition) is 2. The summed E-state index contributed by atoms with van der Waals surface area (Å²) in [6, 6.07) is 7.19. The molecule has 0 saturated carbocycles. The Morgan fingerprint density at radius 1 is 1.10 bits per heavy atom. The molecule has 0 aliphatic heterocycles. The molecule has 0 saturated heterocycles. The summed E-state index contributed by atoms with van der Waals surface area (Å²) in [5.41, 5.74) is 5.79. The van der Waals surface area contributed by atoms with Crippen LogP contribution in [-0.2, 0) is 4.79 Å². The lowest BCUT2D eigenvalue weighted by Crippen LogP contribution is -2.50. The molecule has 0 spiro atoms. The number of ether oxygens (including phenoxy) is 2. The summed E-state index contributed by atoms with van der Waals surface area (Å²) in [4.78, 5) is 11.7. The van der Waals surface area contributed by atoms with Crippen LogP contribution < -0.4 is 20.5 Å². The van der Waals surface area contributed by atoms with Crippen molar-refractivity contribution in [2.24, 2.45) is 5.73 Å². The van der Waals surface area contributed by atoms with Crippen molar-refractivity contribution in [3.63, 3.8) is 0 Å². The summed E-state index contributed by atoms with van der Waals surface area (Å²) in [7, 11) is 0. The lowest BCUT2D eigenvalue weighted by atomic mass is 9.94. The molecular weight excluding hydrogens is 268 g/mol. The van der Waals surface area contributed by atoms with Gasteiger partial charge in [0.2, 0.25) is 0 Å². The standard InChI is InChI=1S/C16H26N2O3/c1-4-16(17,5-2)12-18-15(19)11-21-14-9-7-13(8-10-14)20-6-3/h7-10H,4-6,11-12,17H2,1-3H3,(H,18,19). The fourth-order valence-corrected chi connectivity index (χ4v) is 1.77. The van der Waals surface area contributed by atoms with E-state index in [1.165, 1.54) is 0 Å². The first kappa shape index (κ1) is 17.3. The van der Waals surface area contributed by atoms with Crippen LogP contribution in [0, 0.1) is 0 Å². The van der Waals surface area contributed by atoms with Crippen molar-refractivity contribution in [2.45, 2.75) is 39.2 Å². The number of amides is 1. The van der Waals surface area contributed by atoms with E-state index in [9.17, 15) is 4.79 Å². The van der Waals surface area contributed by atoms with Crippen molar-refractivity contribution in [3.05, 3.63) is 24.3 Å². The molecule has 0 aliphatic carbocycles. The highest BCUT2D eigenvalue weighted by atomic mass is 16.5. The van der Waals surface area contributed by atoms with E-state index < -0.39 is 0 Å². The van der Waals surface area contributed by atoms with E-state index in [2.05, 4.69) is 5.32 Å². The second kappa shape index (κ2) is 8.52. The second-order valence-electron chi connectivity index (χ2n) is 5.04. The molecule has 0 atom stereocenters. The normalized spacial score (nSPS) is 11.0.